The number of rotatable bonds is 11. The number of benzene rings is 2. The molecule has 0 saturated carbocycles. The SMILES string of the molecule is C=CCn1c(=O)c2cnc(Nc3ccc(N4CCN(C5CCN(C6CN(c7cccc8c7C(=O)N(C7CCC(=O)NC7=O)C8=O)C6)CC5)CC4)cc3)nc2n1-c1cccc(C(C)(C)O)n1. The largest absolute Gasteiger partial charge is 0.384 e. The fourth-order valence-electron chi connectivity index (χ4n) is 9.98. The van der Waals surface area contributed by atoms with E-state index in [0.29, 0.717) is 51.7 Å². The van der Waals surface area contributed by atoms with E-state index >= 15 is 0 Å². The van der Waals surface area contributed by atoms with Crippen LogP contribution < -0.4 is 26.0 Å². The third-order valence-electron chi connectivity index (χ3n) is 13.5. The number of aromatic nitrogens is 5. The first-order chi connectivity index (χ1) is 31.4. The molecule has 3 N–H and O–H groups in total. The fraction of sp³-hybridized carbons (Fsp3) is 0.404. The number of hydrogen-bond donors (Lipinski definition) is 3. The molecule has 4 fully saturated rings. The smallest absolute Gasteiger partial charge is 0.278 e. The van der Waals surface area contributed by atoms with Crippen LogP contribution in [0.4, 0.5) is 23.0 Å². The van der Waals surface area contributed by atoms with Crippen LogP contribution in [0.25, 0.3) is 16.9 Å². The van der Waals surface area contributed by atoms with E-state index in [0.717, 1.165) is 87.2 Å². The van der Waals surface area contributed by atoms with Crippen molar-refractivity contribution in [3.8, 4) is 5.82 Å². The summed E-state index contributed by atoms with van der Waals surface area (Å²) in [5, 5.41) is 16.5. The minimum absolute atomic E-state index is 0.0895. The minimum atomic E-state index is -1.18. The van der Waals surface area contributed by atoms with E-state index in [2.05, 4.69) is 58.9 Å². The van der Waals surface area contributed by atoms with Gasteiger partial charge in [-0.2, -0.15) is 4.98 Å². The second-order valence-electron chi connectivity index (χ2n) is 18.0. The molecular formula is C47H52N12O6. The van der Waals surface area contributed by atoms with Gasteiger partial charge in [-0.15, -0.1) is 6.58 Å². The number of anilines is 4. The van der Waals surface area contributed by atoms with Gasteiger partial charge in [-0.3, -0.25) is 44.0 Å². The molecule has 18 nitrogen and oxygen atoms in total. The second-order valence-corrected chi connectivity index (χ2v) is 18.0. The Hall–Kier alpha value is -6.76. The lowest BCUT2D eigenvalue weighted by molar-refractivity contribution is -0.136. The van der Waals surface area contributed by atoms with E-state index in [1.165, 1.54) is 10.9 Å². The highest BCUT2D eigenvalue weighted by molar-refractivity contribution is 6.25. The van der Waals surface area contributed by atoms with Crippen LogP contribution in [0, 0.1) is 0 Å². The van der Waals surface area contributed by atoms with Crippen molar-refractivity contribution in [2.45, 2.75) is 69.8 Å². The predicted octanol–water partition coefficient (Wildman–Crippen LogP) is 3.01. The first kappa shape index (κ1) is 42.2. The monoisotopic (exact) mass is 880 g/mol. The number of hydrogen-bond acceptors (Lipinski definition) is 14. The van der Waals surface area contributed by atoms with E-state index < -0.39 is 35.3 Å². The summed E-state index contributed by atoms with van der Waals surface area (Å²) in [4.78, 5) is 89.4. The lowest BCUT2D eigenvalue weighted by Gasteiger charge is -2.50. The van der Waals surface area contributed by atoms with Gasteiger partial charge in [0.2, 0.25) is 17.8 Å². The predicted molar refractivity (Wildman–Crippen MR) is 244 cm³/mol. The summed E-state index contributed by atoms with van der Waals surface area (Å²) in [6, 6.07) is 18.8. The average Bonchev–Trinajstić information content (AvgIpc) is 3.71. The quantitative estimate of drug-likeness (QED) is 0.130. The van der Waals surface area contributed by atoms with E-state index in [1.807, 2.05) is 18.2 Å². The molecule has 4 saturated heterocycles. The molecule has 4 amide bonds. The minimum Gasteiger partial charge on any atom is -0.384 e. The Morgan fingerprint density at radius 1 is 0.831 bits per heavy atom. The van der Waals surface area contributed by atoms with Gasteiger partial charge in [0.25, 0.3) is 17.4 Å². The third kappa shape index (κ3) is 7.74. The summed E-state index contributed by atoms with van der Waals surface area (Å²) in [6.45, 7) is 14.7. The number of fused-ring (bicyclic) bond motifs is 2. The van der Waals surface area contributed by atoms with Crippen LogP contribution in [0.15, 0.2) is 84.3 Å². The first-order valence-electron chi connectivity index (χ1n) is 22.4. The molecule has 0 radical (unpaired) electrons. The van der Waals surface area contributed by atoms with E-state index in [9.17, 15) is 29.1 Å². The van der Waals surface area contributed by atoms with Gasteiger partial charge < -0.3 is 20.2 Å². The molecule has 336 valence electrons. The van der Waals surface area contributed by atoms with Crippen molar-refractivity contribution >= 4 is 57.7 Å². The van der Waals surface area contributed by atoms with Crippen molar-refractivity contribution in [1.82, 2.24) is 44.3 Å². The lowest BCUT2D eigenvalue weighted by Crippen LogP contribution is -2.62. The van der Waals surface area contributed by atoms with E-state index in [1.54, 1.807) is 54.9 Å². The maximum absolute atomic E-state index is 13.6. The zero-order chi connectivity index (χ0) is 45.1. The summed E-state index contributed by atoms with van der Waals surface area (Å²) >= 11 is 0. The van der Waals surface area contributed by atoms with Crippen molar-refractivity contribution in [3.63, 3.8) is 0 Å². The van der Waals surface area contributed by atoms with Crippen LogP contribution in [0.2, 0.25) is 0 Å². The number of amides is 4. The van der Waals surface area contributed by atoms with E-state index in [-0.39, 0.29) is 24.9 Å². The molecule has 5 aromatic rings. The summed E-state index contributed by atoms with van der Waals surface area (Å²) in [7, 11) is 0. The van der Waals surface area contributed by atoms with Crippen LogP contribution in [0.5, 0.6) is 0 Å². The number of allylic oxidation sites excluding steroid dienone is 1. The topological polar surface area (TPSA) is 194 Å². The van der Waals surface area contributed by atoms with Gasteiger partial charge in [0.05, 0.1) is 29.1 Å². The maximum Gasteiger partial charge on any atom is 0.278 e. The number of carbonyl (C=O) groups excluding carboxylic acids is 4. The van der Waals surface area contributed by atoms with Crippen LogP contribution >= 0.6 is 0 Å². The lowest BCUT2D eigenvalue weighted by atomic mass is 9.96. The Kier molecular flexibility index (Phi) is 10.8. The maximum atomic E-state index is 13.6. The van der Waals surface area contributed by atoms with Crippen LogP contribution in [-0.2, 0) is 21.7 Å². The Balaban J connectivity index is 0.720. The van der Waals surface area contributed by atoms with Crippen molar-refractivity contribution in [2.24, 2.45) is 0 Å². The molecule has 1 atom stereocenters. The Morgan fingerprint density at radius 3 is 2.26 bits per heavy atom. The van der Waals surface area contributed by atoms with Gasteiger partial charge in [-0.05, 0) is 81.6 Å². The summed E-state index contributed by atoms with van der Waals surface area (Å²) in [6.07, 6.45) is 5.57. The third-order valence-corrected chi connectivity index (χ3v) is 13.5. The molecule has 0 spiro atoms. The molecule has 5 aliphatic heterocycles. The molecule has 8 heterocycles. The molecule has 5 aliphatic rings. The number of likely N-dealkylation sites (tertiary alicyclic amines) is 1. The zero-order valence-corrected chi connectivity index (χ0v) is 36.5. The van der Waals surface area contributed by atoms with Crippen molar-refractivity contribution in [1.29, 1.82) is 0 Å². The average molecular weight is 881 g/mol. The molecule has 0 bridgehead atoms. The number of piperidine rings is 2. The molecule has 3 aromatic heterocycles. The highest BCUT2D eigenvalue weighted by Crippen LogP contribution is 2.37. The molecule has 1 unspecified atom stereocenters. The Labute approximate surface area is 375 Å². The van der Waals surface area contributed by atoms with Crippen LogP contribution in [0.3, 0.4) is 0 Å². The standard InChI is InChI=1S/C47H52N12O6/c1-4-19-57-43(62)34-26-48-46(52-41(34)59(57)38-10-6-9-37(50-38)47(2,3)65)49-29-11-13-30(14-12-29)54-22-24-55(25-23-54)31-17-20-53(21-18-31)32-27-56(28-32)35-8-5-7-33-40(35)45(64)58(44(33)63)36-15-16-39(60)51-42(36)61/h4-14,26,31-32,36,65H,1,15-25,27-28H2,2-3H3,(H,48,49,52)(H,51,60,61). The number of nitrogens with zero attached hydrogens (tertiary/aromatic N) is 10. The van der Waals surface area contributed by atoms with Crippen molar-refractivity contribution < 1.29 is 24.3 Å². The number of imide groups is 2. The van der Waals surface area contributed by atoms with Gasteiger partial charge >= 0.3 is 0 Å². The normalized spacial score (nSPS) is 20.4. The van der Waals surface area contributed by atoms with Gasteiger partial charge in [0.1, 0.15) is 17.0 Å². The van der Waals surface area contributed by atoms with Crippen LogP contribution in [0.1, 0.15) is 65.9 Å². The highest BCUT2D eigenvalue weighted by atomic mass is 16.3. The molecule has 2 aromatic carbocycles. The molecule has 10 rings (SSSR count). The van der Waals surface area contributed by atoms with Gasteiger partial charge in [-0.25, -0.2) is 19.3 Å². The van der Waals surface area contributed by atoms with Crippen molar-refractivity contribution in [2.75, 3.05) is 67.5 Å². The second kappa shape index (κ2) is 16.7. The summed E-state index contributed by atoms with van der Waals surface area (Å²) < 4.78 is 3.15. The number of pyridine rings is 1. The molecule has 18 heteroatoms. The fourth-order valence-corrected chi connectivity index (χ4v) is 9.98. The van der Waals surface area contributed by atoms with Gasteiger partial charge in [0.15, 0.2) is 11.5 Å². The first-order valence-corrected chi connectivity index (χ1v) is 22.4. The Morgan fingerprint density at radius 2 is 1.55 bits per heavy atom. The number of carbonyl (C=O) groups is 4. The van der Waals surface area contributed by atoms with Crippen LogP contribution in [-0.4, -0.2) is 138 Å². The van der Waals surface area contributed by atoms with Crippen molar-refractivity contribution in [3.05, 3.63) is 107 Å². The van der Waals surface area contributed by atoms with Gasteiger partial charge in [-0.1, -0.05) is 18.2 Å². The number of nitrogens with one attached hydrogen (secondary N) is 2. The highest BCUT2D eigenvalue weighted by Gasteiger charge is 2.47. The molecular weight excluding hydrogens is 829 g/mol. The van der Waals surface area contributed by atoms with Gasteiger partial charge in [0, 0.05) is 88.4 Å². The number of piperazine rings is 1. The molecule has 0 aliphatic carbocycles. The number of aliphatic hydroxyl groups is 1. The summed E-state index contributed by atoms with van der Waals surface area (Å²) in [5.74, 6) is -1.17. The van der Waals surface area contributed by atoms with E-state index in [4.69, 9.17) is 4.98 Å². The zero-order valence-electron chi connectivity index (χ0n) is 36.5. The Bertz CT molecular complexity index is 2770. The summed E-state index contributed by atoms with van der Waals surface area (Å²) in [5.41, 5.74) is 2.74. The molecule has 65 heavy (non-hydrogen) atoms.